The summed E-state index contributed by atoms with van der Waals surface area (Å²) >= 11 is 3.53. The van der Waals surface area contributed by atoms with Gasteiger partial charge in [-0.05, 0) is 40.7 Å². The number of aryl methyl sites for hydroxylation is 1. The predicted molar refractivity (Wildman–Crippen MR) is 104 cm³/mol. The standard InChI is InChI=1S/C22H19BrO/c1-17-12-13-22(24-16-18-8-4-2-5-9-18)20(14-17)21(15-23)19-10-6-3-7-11-19/h2-15H,16H2,1H3. The first-order valence-corrected chi connectivity index (χ1v) is 8.83. The molecule has 0 aromatic heterocycles. The lowest BCUT2D eigenvalue weighted by molar-refractivity contribution is 0.305. The van der Waals surface area contributed by atoms with Gasteiger partial charge in [0.25, 0.3) is 0 Å². The third kappa shape index (κ3) is 3.95. The summed E-state index contributed by atoms with van der Waals surface area (Å²) in [5, 5.41) is 0. The molecule has 120 valence electrons. The van der Waals surface area contributed by atoms with E-state index in [9.17, 15) is 0 Å². The van der Waals surface area contributed by atoms with Crippen molar-refractivity contribution in [1.82, 2.24) is 0 Å². The molecule has 0 aliphatic rings. The molecule has 0 bridgehead atoms. The van der Waals surface area contributed by atoms with Crippen LogP contribution in [0.3, 0.4) is 0 Å². The Morgan fingerprint density at radius 3 is 2.25 bits per heavy atom. The van der Waals surface area contributed by atoms with Crippen LogP contribution in [-0.2, 0) is 6.61 Å². The second-order valence-electron chi connectivity index (χ2n) is 5.66. The second kappa shape index (κ2) is 7.98. The maximum Gasteiger partial charge on any atom is 0.127 e. The van der Waals surface area contributed by atoms with Crippen LogP contribution >= 0.6 is 15.9 Å². The molecule has 0 saturated heterocycles. The molecule has 0 amide bonds. The maximum atomic E-state index is 6.12. The van der Waals surface area contributed by atoms with Gasteiger partial charge in [-0.1, -0.05) is 88.2 Å². The second-order valence-corrected chi connectivity index (χ2v) is 6.12. The Labute approximate surface area is 151 Å². The Morgan fingerprint density at radius 2 is 1.58 bits per heavy atom. The quantitative estimate of drug-likeness (QED) is 0.501. The van der Waals surface area contributed by atoms with E-state index >= 15 is 0 Å². The number of halogens is 1. The van der Waals surface area contributed by atoms with Gasteiger partial charge in [0.2, 0.25) is 0 Å². The topological polar surface area (TPSA) is 9.23 Å². The normalized spacial score (nSPS) is 11.3. The van der Waals surface area contributed by atoms with Gasteiger partial charge in [-0.3, -0.25) is 0 Å². The van der Waals surface area contributed by atoms with Crippen LogP contribution in [-0.4, -0.2) is 0 Å². The fourth-order valence-corrected chi connectivity index (χ4v) is 3.12. The van der Waals surface area contributed by atoms with Crippen molar-refractivity contribution in [2.45, 2.75) is 13.5 Å². The van der Waals surface area contributed by atoms with Crippen LogP contribution in [0.4, 0.5) is 0 Å². The summed E-state index contributed by atoms with van der Waals surface area (Å²) in [6.07, 6.45) is 0. The fraction of sp³-hybridized carbons (Fsp3) is 0.0909. The predicted octanol–water partition coefficient (Wildman–Crippen LogP) is 6.36. The zero-order chi connectivity index (χ0) is 16.8. The Bertz CT molecular complexity index is 823. The minimum atomic E-state index is 0.557. The van der Waals surface area contributed by atoms with Gasteiger partial charge in [0.15, 0.2) is 0 Å². The van der Waals surface area contributed by atoms with Gasteiger partial charge in [0, 0.05) is 5.56 Å². The molecule has 3 aromatic rings. The zero-order valence-corrected chi connectivity index (χ0v) is 15.2. The number of ether oxygens (including phenoxy) is 1. The minimum Gasteiger partial charge on any atom is -0.488 e. The van der Waals surface area contributed by atoms with E-state index in [1.165, 1.54) is 5.56 Å². The van der Waals surface area contributed by atoms with Gasteiger partial charge in [-0.25, -0.2) is 0 Å². The minimum absolute atomic E-state index is 0.557. The molecule has 0 fully saturated rings. The Balaban J connectivity index is 1.93. The van der Waals surface area contributed by atoms with Crippen molar-refractivity contribution in [1.29, 1.82) is 0 Å². The van der Waals surface area contributed by atoms with Crippen molar-refractivity contribution < 1.29 is 4.74 Å². The molecule has 0 atom stereocenters. The fourth-order valence-electron chi connectivity index (χ4n) is 2.61. The summed E-state index contributed by atoms with van der Waals surface area (Å²) < 4.78 is 6.12. The van der Waals surface area contributed by atoms with Gasteiger partial charge < -0.3 is 4.74 Å². The molecule has 3 aromatic carbocycles. The van der Waals surface area contributed by atoms with Crippen LogP contribution in [0.2, 0.25) is 0 Å². The Morgan fingerprint density at radius 1 is 0.917 bits per heavy atom. The van der Waals surface area contributed by atoms with Crippen LogP contribution < -0.4 is 4.74 Å². The van der Waals surface area contributed by atoms with Crippen LogP contribution in [0.1, 0.15) is 22.3 Å². The lowest BCUT2D eigenvalue weighted by atomic mass is 9.97. The highest BCUT2D eigenvalue weighted by Crippen LogP contribution is 2.33. The zero-order valence-electron chi connectivity index (χ0n) is 13.6. The van der Waals surface area contributed by atoms with E-state index in [0.717, 1.165) is 28.0 Å². The van der Waals surface area contributed by atoms with Crippen molar-refractivity contribution >= 4 is 21.5 Å². The molecule has 24 heavy (non-hydrogen) atoms. The largest absolute Gasteiger partial charge is 0.488 e. The number of benzene rings is 3. The van der Waals surface area contributed by atoms with E-state index < -0.39 is 0 Å². The van der Waals surface area contributed by atoms with E-state index in [0.29, 0.717) is 6.61 Å². The van der Waals surface area contributed by atoms with Crippen molar-refractivity contribution in [3.05, 3.63) is 106 Å². The van der Waals surface area contributed by atoms with Crippen LogP contribution in [0.15, 0.2) is 83.8 Å². The Hall–Kier alpha value is -2.32. The summed E-state index contributed by atoms with van der Waals surface area (Å²) in [5.74, 6) is 0.888. The molecule has 2 heteroatoms. The van der Waals surface area contributed by atoms with Crippen LogP contribution in [0.25, 0.3) is 5.57 Å². The molecule has 0 N–H and O–H groups in total. The van der Waals surface area contributed by atoms with Gasteiger partial charge in [-0.2, -0.15) is 0 Å². The monoisotopic (exact) mass is 378 g/mol. The molecule has 0 unspecified atom stereocenters. The molecule has 0 spiro atoms. The molecule has 1 nitrogen and oxygen atoms in total. The van der Waals surface area contributed by atoms with Crippen molar-refractivity contribution in [3.8, 4) is 5.75 Å². The first kappa shape index (κ1) is 16.5. The van der Waals surface area contributed by atoms with Crippen molar-refractivity contribution in [2.24, 2.45) is 0 Å². The lowest BCUT2D eigenvalue weighted by Gasteiger charge is -2.15. The van der Waals surface area contributed by atoms with E-state index in [1.54, 1.807) is 0 Å². The number of hydrogen-bond acceptors (Lipinski definition) is 1. The highest BCUT2D eigenvalue weighted by molar-refractivity contribution is 9.11. The molecule has 0 heterocycles. The average molecular weight is 379 g/mol. The van der Waals surface area contributed by atoms with Gasteiger partial charge in [0.05, 0.1) is 0 Å². The lowest BCUT2D eigenvalue weighted by Crippen LogP contribution is -1.99. The van der Waals surface area contributed by atoms with E-state index in [-0.39, 0.29) is 0 Å². The van der Waals surface area contributed by atoms with E-state index in [4.69, 9.17) is 4.74 Å². The average Bonchev–Trinajstić information content (AvgIpc) is 2.63. The molecular weight excluding hydrogens is 360 g/mol. The third-order valence-corrected chi connectivity index (χ3v) is 4.31. The maximum absolute atomic E-state index is 6.12. The first-order valence-electron chi connectivity index (χ1n) is 7.91. The molecule has 3 rings (SSSR count). The number of rotatable bonds is 5. The SMILES string of the molecule is Cc1ccc(OCc2ccccc2)c(C(=CBr)c2ccccc2)c1. The smallest absolute Gasteiger partial charge is 0.127 e. The van der Waals surface area contributed by atoms with Crippen LogP contribution in [0, 0.1) is 6.92 Å². The third-order valence-electron chi connectivity index (χ3n) is 3.86. The molecular formula is C22H19BrO. The number of hydrogen-bond donors (Lipinski definition) is 0. The molecule has 0 aliphatic heterocycles. The van der Waals surface area contributed by atoms with E-state index in [2.05, 4.69) is 59.3 Å². The van der Waals surface area contributed by atoms with E-state index in [1.807, 2.05) is 47.4 Å². The Kier molecular flexibility index (Phi) is 5.50. The van der Waals surface area contributed by atoms with Gasteiger partial charge >= 0.3 is 0 Å². The van der Waals surface area contributed by atoms with Crippen molar-refractivity contribution in [2.75, 3.05) is 0 Å². The summed E-state index contributed by atoms with van der Waals surface area (Å²) in [4.78, 5) is 1.96. The summed E-state index contributed by atoms with van der Waals surface area (Å²) in [7, 11) is 0. The first-order chi connectivity index (χ1) is 11.8. The highest BCUT2D eigenvalue weighted by atomic mass is 79.9. The summed E-state index contributed by atoms with van der Waals surface area (Å²) in [6.45, 7) is 2.66. The summed E-state index contributed by atoms with van der Waals surface area (Å²) in [6, 6.07) is 26.9. The summed E-state index contributed by atoms with van der Waals surface area (Å²) in [5.41, 5.74) is 5.73. The van der Waals surface area contributed by atoms with Crippen LogP contribution in [0.5, 0.6) is 5.75 Å². The van der Waals surface area contributed by atoms with Gasteiger partial charge in [-0.15, -0.1) is 0 Å². The molecule has 0 saturated carbocycles. The molecule has 0 aliphatic carbocycles. The van der Waals surface area contributed by atoms with Crippen molar-refractivity contribution in [3.63, 3.8) is 0 Å². The highest BCUT2D eigenvalue weighted by Gasteiger charge is 2.11. The molecule has 0 radical (unpaired) electrons. The van der Waals surface area contributed by atoms with Gasteiger partial charge in [0.1, 0.15) is 12.4 Å².